The van der Waals surface area contributed by atoms with E-state index in [1.807, 2.05) is 18.2 Å². The van der Waals surface area contributed by atoms with Gasteiger partial charge in [-0.2, -0.15) is 0 Å². The Morgan fingerprint density at radius 2 is 1.92 bits per heavy atom. The first-order valence-corrected chi connectivity index (χ1v) is 7.86. The molecule has 0 spiro atoms. The number of phenols is 2. The Hall–Kier alpha value is -3.15. The van der Waals surface area contributed by atoms with Crippen molar-refractivity contribution in [1.82, 2.24) is 4.90 Å². The number of fused-ring (bicyclic) bond motifs is 1. The van der Waals surface area contributed by atoms with Gasteiger partial charge in [0.15, 0.2) is 23.0 Å². The molecule has 0 atom stereocenters. The van der Waals surface area contributed by atoms with Gasteiger partial charge in [0.1, 0.15) is 0 Å². The monoisotopic (exact) mass is 341 g/mol. The maximum atomic E-state index is 12.2. The van der Waals surface area contributed by atoms with Crippen molar-refractivity contribution in [3.8, 4) is 23.0 Å². The molecule has 0 bridgehead atoms. The van der Waals surface area contributed by atoms with Gasteiger partial charge >= 0.3 is 0 Å². The van der Waals surface area contributed by atoms with E-state index in [2.05, 4.69) is 0 Å². The number of carbonyl (C=O) groups is 1. The Labute approximate surface area is 145 Å². The Bertz CT molecular complexity index is 815. The van der Waals surface area contributed by atoms with Gasteiger partial charge in [-0.1, -0.05) is 12.1 Å². The van der Waals surface area contributed by atoms with Crippen molar-refractivity contribution >= 4 is 12.0 Å². The molecule has 3 rings (SSSR count). The van der Waals surface area contributed by atoms with Gasteiger partial charge in [0, 0.05) is 19.7 Å². The highest BCUT2D eigenvalue weighted by atomic mass is 16.7. The molecule has 1 aliphatic rings. The molecule has 0 fully saturated rings. The van der Waals surface area contributed by atoms with Crippen molar-refractivity contribution in [2.75, 3.05) is 20.4 Å². The standard InChI is InChI=1S/C19H19NO5/c1-20(9-8-14-2-5-15(21)16(22)10-14)19(23)7-4-13-3-6-17-18(11-13)25-12-24-17/h2-7,10-11,21-22H,8-9,12H2,1H3/b7-4+. The summed E-state index contributed by atoms with van der Waals surface area (Å²) in [6.45, 7) is 0.714. The van der Waals surface area contributed by atoms with Crippen molar-refractivity contribution < 1.29 is 24.5 Å². The van der Waals surface area contributed by atoms with Crippen LogP contribution in [0.2, 0.25) is 0 Å². The van der Waals surface area contributed by atoms with Gasteiger partial charge in [0.05, 0.1) is 0 Å². The van der Waals surface area contributed by atoms with Crippen LogP contribution in [0.15, 0.2) is 42.5 Å². The van der Waals surface area contributed by atoms with Crippen LogP contribution in [-0.2, 0) is 11.2 Å². The molecule has 2 aromatic rings. The normalized spacial score (nSPS) is 12.5. The second-order valence-electron chi connectivity index (χ2n) is 5.78. The highest BCUT2D eigenvalue weighted by molar-refractivity contribution is 5.91. The van der Waals surface area contributed by atoms with Crippen molar-refractivity contribution in [3.63, 3.8) is 0 Å². The van der Waals surface area contributed by atoms with Crippen LogP contribution in [0, 0.1) is 0 Å². The minimum Gasteiger partial charge on any atom is -0.504 e. The van der Waals surface area contributed by atoms with E-state index in [1.54, 1.807) is 24.1 Å². The number of aromatic hydroxyl groups is 2. The zero-order valence-electron chi connectivity index (χ0n) is 13.8. The van der Waals surface area contributed by atoms with E-state index in [-0.39, 0.29) is 24.2 Å². The van der Waals surface area contributed by atoms with Crippen LogP contribution in [0.1, 0.15) is 11.1 Å². The summed E-state index contributed by atoms with van der Waals surface area (Å²) >= 11 is 0. The van der Waals surface area contributed by atoms with Crippen molar-refractivity contribution in [2.24, 2.45) is 0 Å². The molecule has 0 saturated carbocycles. The molecule has 130 valence electrons. The lowest BCUT2D eigenvalue weighted by atomic mass is 10.1. The molecule has 0 aromatic heterocycles. The molecule has 6 nitrogen and oxygen atoms in total. The van der Waals surface area contributed by atoms with Crippen LogP contribution in [0.4, 0.5) is 0 Å². The molecule has 0 aliphatic carbocycles. The van der Waals surface area contributed by atoms with Crippen LogP contribution in [0.25, 0.3) is 6.08 Å². The van der Waals surface area contributed by atoms with E-state index in [4.69, 9.17) is 9.47 Å². The number of hydrogen-bond acceptors (Lipinski definition) is 5. The van der Waals surface area contributed by atoms with Crippen molar-refractivity contribution in [1.29, 1.82) is 0 Å². The third-order valence-corrected chi connectivity index (χ3v) is 3.97. The molecule has 1 aliphatic heterocycles. The number of benzene rings is 2. The minimum atomic E-state index is -0.158. The average molecular weight is 341 g/mol. The van der Waals surface area contributed by atoms with Gasteiger partial charge in [0.25, 0.3) is 0 Å². The summed E-state index contributed by atoms with van der Waals surface area (Å²) in [6, 6.07) is 10.1. The second kappa shape index (κ2) is 7.17. The summed E-state index contributed by atoms with van der Waals surface area (Å²) in [5, 5.41) is 18.8. The number of nitrogens with zero attached hydrogens (tertiary/aromatic N) is 1. The molecular formula is C19H19NO5. The third kappa shape index (κ3) is 4.03. The number of carbonyl (C=O) groups excluding carboxylic acids is 1. The van der Waals surface area contributed by atoms with Crippen LogP contribution in [0.3, 0.4) is 0 Å². The molecule has 0 saturated heterocycles. The van der Waals surface area contributed by atoms with Crippen molar-refractivity contribution in [2.45, 2.75) is 6.42 Å². The van der Waals surface area contributed by atoms with E-state index in [0.717, 1.165) is 11.1 Å². The summed E-state index contributed by atoms with van der Waals surface area (Å²) in [5.74, 6) is 0.947. The topological polar surface area (TPSA) is 79.2 Å². The van der Waals surface area contributed by atoms with E-state index in [0.29, 0.717) is 24.5 Å². The maximum Gasteiger partial charge on any atom is 0.246 e. The quantitative estimate of drug-likeness (QED) is 0.645. The van der Waals surface area contributed by atoms with E-state index < -0.39 is 0 Å². The molecule has 6 heteroatoms. The molecule has 1 heterocycles. The summed E-state index contributed by atoms with van der Waals surface area (Å²) in [4.78, 5) is 13.8. The van der Waals surface area contributed by atoms with E-state index in [9.17, 15) is 15.0 Å². The zero-order valence-corrected chi connectivity index (χ0v) is 13.8. The molecule has 0 radical (unpaired) electrons. The summed E-state index contributed by atoms with van der Waals surface area (Å²) < 4.78 is 10.6. The number of hydrogen-bond donors (Lipinski definition) is 2. The fourth-order valence-corrected chi connectivity index (χ4v) is 2.44. The Balaban J connectivity index is 1.56. The largest absolute Gasteiger partial charge is 0.504 e. The van der Waals surface area contributed by atoms with Gasteiger partial charge < -0.3 is 24.6 Å². The molecule has 25 heavy (non-hydrogen) atoms. The number of ether oxygens (including phenoxy) is 2. The van der Waals surface area contributed by atoms with Crippen molar-refractivity contribution in [3.05, 3.63) is 53.6 Å². The van der Waals surface area contributed by atoms with Crippen LogP contribution < -0.4 is 9.47 Å². The zero-order chi connectivity index (χ0) is 17.8. The number of phenolic OH excluding ortho intramolecular Hbond substituents is 2. The van der Waals surface area contributed by atoms with Crippen LogP contribution in [-0.4, -0.2) is 41.4 Å². The lowest BCUT2D eigenvalue weighted by molar-refractivity contribution is -0.124. The molecule has 0 unspecified atom stereocenters. The summed E-state index contributed by atoms with van der Waals surface area (Å²) in [7, 11) is 1.71. The fraction of sp³-hybridized carbons (Fsp3) is 0.211. The van der Waals surface area contributed by atoms with Gasteiger partial charge in [-0.25, -0.2) is 0 Å². The first kappa shape index (κ1) is 16.7. The SMILES string of the molecule is CN(CCc1ccc(O)c(O)c1)C(=O)/C=C/c1ccc2c(c1)OCO2. The second-order valence-corrected chi connectivity index (χ2v) is 5.78. The molecule has 2 N–H and O–H groups in total. The van der Waals surface area contributed by atoms with Crippen LogP contribution >= 0.6 is 0 Å². The number of rotatable bonds is 5. The highest BCUT2D eigenvalue weighted by Gasteiger charge is 2.12. The maximum absolute atomic E-state index is 12.2. The minimum absolute atomic E-state index is 0.124. The smallest absolute Gasteiger partial charge is 0.246 e. The van der Waals surface area contributed by atoms with E-state index in [1.165, 1.54) is 18.2 Å². The highest BCUT2D eigenvalue weighted by Crippen LogP contribution is 2.32. The van der Waals surface area contributed by atoms with Gasteiger partial charge in [-0.05, 0) is 47.9 Å². The predicted octanol–water partition coefficient (Wildman–Crippen LogP) is 2.54. The van der Waals surface area contributed by atoms with Crippen LogP contribution in [0.5, 0.6) is 23.0 Å². The average Bonchev–Trinajstić information content (AvgIpc) is 3.08. The van der Waals surface area contributed by atoms with E-state index >= 15 is 0 Å². The molecule has 2 aromatic carbocycles. The summed E-state index contributed by atoms with van der Waals surface area (Å²) in [6.07, 6.45) is 3.81. The third-order valence-electron chi connectivity index (χ3n) is 3.97. The lowest BCUT2D eigenvalue weighted by Crippen LogP contribution is -2.27. The Morgan fingerprint density at radius 3 is 2.72 bits per heavy atom. The number of likely N-dealkylation sites (N-methyl/N-ethyl adjacent to an activating group) is 1. The van der Waals surface area contributed by atoms with Gasteiger partial charge in [-0.15, -0.1) is 0 Å². The Kier molecular flexibility index (Phi) is 4.79. The number of amides is 1. The first-order valence-electron chi connectivity index (χ1n) is 7.86. The molecule has 1 amide bonds. The lowest BCUT2D eigenvalue weighted by Gasteiger charge is -2.15. The Morgan fingerprint density at radius 1 is 1.12 bits per heavy atom. The van der Waals surface area contributed by atoms with Gasteiger partial charge in [-0.3, -0.25) is 4.79 Å². The first-order chi connectivity index (χ1) is 12.0. The van der Waals surface area contributed by atoms with Gasteiger partial charge in [0.2, 0.25) is 12.7 Å². The molecular weight excluding hydrogens is 322 g/mol. The summed E-state index contributed by atoms with van der Waals surface area (Å²) in [5.41, 5.74) is 1.70. The predicted molar refractivity (Wildman–Crippen MR) is 92.7 cm³/mol. The fourth-order valence-electron chi connectivity index (χ4n) is 2.44.